The van der Waals surface area contributed by atoms with Gasteiger partial charge in [-0.25, -0.2) is 4.98 Å². The Morgan fingerprint density at radius 3 is 3.07 bits per heavy atom. The predicted molar refractivity (Wildman–Crippen MR) is 105 cm³/mol. The van der Waals surface area contributed by atoms with Crippen LogP contribution in [0.2, 0.25) is 0 Å². The van der Waals surface area contributed by atoms with E-state index in [1.807, 2.05) is 6.20 Å². The maximum atomic E-state index is 5.58. The summed E-state index contributed by atoms with van der Waals surface area (Å²) in [6.45, 7) is 3.96. The van der Waals surface area contributed by atoms with Crippen molar-refractivity contribution in [2.45, 2.75) is 32.4 Å². The molecule has 0 bridgehead atoms. The second kappa shape index (κ2) is 7.98. The monoisotopic (exact) mass is 382 g/mol. The highest BCUT2D eigenvalue weighted by atomic mass is 32.1. The van der Waals surface area contributed by atoms with E-state index in [0.717, 1.165) is 37.4 Å². The van der Waals surface area contributed by atoms with E-state index in [9.17, 15) is 0 Å². The normalized spacial score (nSPS) is 17.2. The molecule has 1 fully saturated rings. The van der Waals surface area contributed by atoms with Crippen LogP contribution in [-0.4, -0.2) is 38.7 Å². The maximum absolute atomic E-state index is 5.58. The molecule has 1 aliphatic rings. The van der Waals surface area contributed by atoms with Crippen molar-refractivity contribution in [2.24, 2.45) is 0 Å². The molecule has 8 heteroatoms. The van der Waals surface area contributed by atoms with Gasteiger partial charge in [-0.05, 0) is 37.9 Å². The van der Waals surface area contributed by atoms with Crippen molar-refractivity contribution in [3.05, 3.63) is 52.9 Å². The first-order chi connectivity index (χ1) is 13.2. The van der Waals surface area contributed by atoms with Crippen molar-refractivity contribution in [3.63, 3.8) is 0 Å². The van der Waals surface area contributed by atoms with Crippen molar-refractivity contribution >= 4 is 22.3 Å². The zero-order valence-electron chi connectivity index (χ0n) is 15.4. The topological polar surface area (TPSA) is 76.1 Å². The van der Waals surface area contributed by atoms with Gasteiger partial charge in [0.15, 0.2) is 5.82 Å². The fourth-order valence-electron chi connectivity index (χ4n) is 3.49. The van der Waals surface area contributed by atoms with Crippen LogP contribution in [0.3, 0.4) is 0 Å². The first kappa shape index (κ1) is 17.8. The standard InChI is InChI=1S/C19H22N6OS/c1-13-5-6-14(17(8-13)26-2)11-25-7-3-4-16(25)15-9-20-10-18(22-15)23-19-24-21-12-27-19/h5-6,8-10,12,16H,3-4,7,11H2,1-2H3,(H,22,23,24). The summed E-state index contributed by atoms with van der Waals surface area (Å²) in [4.78, 5) is 11.6. The number of nitrogens with one attached hydrogen (secondary N) is 1. The van der Waals surface area contributed by atoms with Crippen LogP contribution in [0.1, 0.15) is 35.7 Å². The van der Waals surface area contributed by atoms with Crippen LogP contribution >= 0.6 is 11.3 Å². The fraction of sp³-hybridized carbons (Fsp3) is 0.368. The van der Waals surface area contributed by atoms with Gasteiger partial charge in [0.1, 0.15) is 11.3 Å². The molecule has 27 heavy (non-hydrogen) atoms. The van der Waals surface area contributed by atoms with E-state index in [1.54, 1.807) is 18.8 Å². The lowest BCUT2D eigenvalue weighted by molar-refractivity contribution is 0.240. The number of aryl methyl sites for hydroxylation is 1. The van der Waals surface area contributed by atoms with Crippen LogP contribution in [0.4, 0.5) is 10.9 Å². The lowest BCUT2D eigenvalue weighted by Crippen LogP contribution is -2.24. The molecular weight excluding hydrogens is 360 g/mol. The molecule has 1 saturated heterocycles. The smallest absolute Gasteiger partial charge is 0.211 e. The molecule has 4 rings (SSSR count). The third-order valence-electron chi connectivity index (χ3n) is 4.77. The van der Waals surface area contributed by atoms with Crippen LogP contribution in [0, 0.1) is 6.92 Å². The molecule has 0 radical (unpaired) electrons. The first-order valence-corrected chi connectivity index (χ1v) is 9.83. The minimum absolute atomic E-state index is 0.250. The van der Waals surface area contributed by atoms with Gasteiger partial charge in [0.05, 0.1) is 31.2 Å². The van der Waals surface area contributed by atoms with Gasteiger partial charge in [0, 0.05) is 12.1 Å². The van der Waals surface area contributed by atoms with E-state index < -0.39 is 0 Å². The van der Waals surface area contributed by atoms with E-state index >= 15 is 0 Å². The summed E-state index contributed by atoms with van der Waals surface area (Å²) >= 11 is 1.44. The quantitative estimate of drug-likeness (QED) is 0.696. The molecule has 1 unspecified atom stereocenters. The van der Waals surface area contributed by atoms with Gasteiger partial charge in [-0.1, -0.05) is 23.5 Å². The molecule has 1 atom stereocenters. The Hall–Kier alpha value is -2.58. The lowest BCUT2D eigenvalue weighted by Gasteiger charge is -2.25. The minimum atomic E-state index is 0.250. The van der Waals surface area contributed by atoms with E-state index in [2.05, 4.69) is 50.5 Å². The van der Waals surface area contributed by atoms with Crippen LogP contribution in [0.25, 0.3) is 0 Å². The molecule has 3 heterocycles. The summed E-state index contributed by atoms with van der Waals surface area (Å²) in [6.07, 6.45) is 5.80. The summed E-state index contributed by atoms with van der Waals surface area (Å²) in [5.41, 5.74) is 5.07. The summed E-state index contributed by atoms with van der Waals surface area (Å²) < 4.78 is 5.58. The predicted octanol–water partition coefficient (Wildman–Crippen LogP) is 3.73. The van der Waals surface area contributed by atoms with Crippen molar-refractivity contribution in [3.8, 4) is 5.75 Å². The number of ether oxygens (including phenoxy) is 1. The van der Waals surface area contributed by atoms with Crippen molar-refractivity contribution in [1.29, 1.82) is 0 Å². The molecule has 1 aromatic carbocycles. The van der Waals surface area contributed by atoms with Gasteiger partial charge in [-0.15, -0.1) is 10.2 Å². The second-order valence-electron chi connectivity index (χ2n) is 6.64. The number of nitrogens with zero attached hydrogens (tertiary/aromatic N) is 5. The molecule has 3 aromatic rings. The molecule has 0 spiro atoms. The van der Waals surface area contributed by atoms with Crippen molar-refractivity contribution < 1.29 is 4.74 Å². The summed E-state index contributed by atoms with van der Waals surface area (Å²) in [7, 11) is 1.73. The first-order valence-electron chi connectivity index (χ1n) is 8.95. The van der Waals surface area contributed by atoms with Crippen LogP contribution in [0.5, 0.6) is 5.75 Å². The Kier molecular flexibility index (Phi) is 5.26. The number of rotatable bonds is 6. The van der Waals surface area contributed by atoms with Crippen molar-refractivity contribution in [2.75, 3.05) is 19.0 Å². The van der Waals surface area contributed by atoms with Gasteiger partial charge in [0.25, 0.3) is 0 Å². The maximum Gasteiger partial charge on any atom is 0.211 e. The average Bonchev–Trinajstić information content (AvgIpc) is 3.35. The Morgan fingerprint density at radius 1 is 1.33 bits per heavy atom. The summed E-state index contributed by atoms with van der Waals surface area (Å²) in [6, 6.07) is 6.63. The Balaban J connectivity index is 1.53. The largest absolute Gasteiger partial charge is 0.496 e. The van der Waals surface area contributed by atoms with Crippen LogP contribution < -0.4 is 10.1 Å². The number of likely N-dealkylation sites (tertiary alicyclic amines) is 1. The molecule has 7 nitrogen and oxygen atoms in total. The lowest BCUT2D eigenvalue weighted by atomic mass is 10.1. The highest BCUT2D eigenvalue weighted by Crippen LogP contribution is 2.34. The van der Waals surface area contributed by atoms with Gasteiger partial charge in [-0.3, -0.25) is 9.88 Å². The molecule has 140 valence electrons. The zero-order chi connectivity index (χ0) is 18.6. The molecule has 1 aliphatic heterocycles. The zero-order valence-corrected chi connectivity index (χ0v) is 16.2. The van der Waals surface area contributed by atoms with E-state index in [1.165, 1.54) is 22.5 Å². The summed E-state index contributed by atoms with van der Waals surface area (Å²) in [5, 5.41) is 11.7. The van der Waals surface area contributed by atoms with E-state index in [0.29, 0.717) is 10.9 Å². The summed E-state index contributed by atoms with van der Waals surface area (Å²) in [5.74, 6) is 1.64. The fourth-order valence-corrected chi connectivity index (χ4v) is 3.94. The van der Waals surface area contributed by atoms with Crippen LogP contribution in [0.15, 0.2) is 36.1 Å². The molecular formula is C19H22N6OS. The van der Waals surface area contributed by atoms with Crippen molar-refractivity contribution in [1.82, 2.24) is 25.1 Å². The highest BCUT2D eigenvalue weighted by Gasteiger charge is 2.28. The Labute approximate surface area is 162 Å². The second-order valence-corrected chi connectivity index (χ2v) is 7.48. The number of benzene rings is 1. The molecule has 1 N–H and O–H groups in total. The molecule has 0 saturated carbocycles. The van der Waals surface area contributed by atoms with Gasteiger partial charge >= 0.3 is 0 Å². The third kappa shape index (κ3) is 4.06. The van der Waals surface area contributed by atoms with Gasteiger partial charge in [-0.2, -0.15) is 0 Å². The highest BCUT2D eigenvalue weighted by molar-refractivity contribution is 7.13. The third-order valence-corrected chi connectivity index (χ3v) is 5.38. The number of hydrogen-bond acceptors (Lipinski definition) is 8. The minimum Gasteiger partial charge on any atom is -0.496 e. The molecule has 0 aliphatic carbocycles. The van der Waals surface area contributed by atoms with E-state index in [-0.39, 0.29) is 6.04 Å². The number of hydrogen-bond donors (Lipinski definition) is 1. The number of anilines is 2. The SMILES string of the molecule is COc1cc(C)ccc1CN1CCCC1c1cncc(Nc2nncs2)n1. The van der Waals surface area contributed by atoms with E-state index in [4.69, 9.17) is 9.72 Å². The van der Waals surface area contributed by atoms with Gasteiger partial charge < -0.3 is 10.1 Å². The number of aromatic nitrogens is 4. The molecule has 2 aromatic heterocycles. The Morgan fingerprint density at radius 2 is 2.26 bits per heavy atom. The van der Waals surface area contributed by atoms with Gasteiger partial charge in [0.2, 0.25) is 5.13 Å². The average molecular weight is 382 g/mol. The Bertz CT molecular complexity index is 901. The molecule has 0 amide bonds. The number of methoxy groups -OCH3 is 1. The van der Waals surface area contributed by atoms with Crippen LogP contribution in [-0.2, 0) is 6.54 Å².